The number of nitrogens with zero attached hydrogens (tertiary/aromatic N) is 1. The van der Waals surface area contributed by atoms with Crippen LogP contribution in [0.4, 0.5) is 0 Å². The highest BCUT2D eigenvalue weighted by molar-refractivity contribution is 5.44. The van der Waals surface area contributed by atoms with E-state index in [1.54, 1.807) is 6.07 Å². The molecule has 28 heavy (non-hydrogen) atoms. The van der Waals surface area contributed by atoms with E-state index in [0.29, 0.717) is 6.61 Å². The lowest BCUT2D eigenvalue weighted by molar-refractivity contribution is 0.183. The summed E-state index contributed by atoms with van der Waals surface area (Å²) in [5.41, 5.74) is 8.85. The summed E-state index contributed by atoms with van der Waals surface area (Å²) >= 11 is 0. The fourth-order valence-corrected chi connectivity index (χ4v) is 4.47. The molecule has 0 saturated carbocycles. The maximum Gasteiger partial charge on any atom is 0.124 e. The molecule has 150 valence electrons. The van der Waals surface area contributed by atoms with Crippen LogP contribution in [0.2, 0.25) is 0 Å². The van der Waals surface area contributed by atoms with Gasteiger partial charge < -0.3 is 9.84 Å². The summed E-state index contributed by atoms with van der Waals surface area (Å²) in [6.07, 6.45) is 3.93. The van der Waals surface area contributed by atoms with Gasteiger partial charge in [0.2, 0.25) is 0 Å². The number of nitrogens with one attached hydrogen (secondary N) is 2. The van der Waals surface area contributed by atoms with Crippen LogP contribution in [0.25, 0.3) is 0 Å². The van der Waals surface area contributed by atoms with E-state index in [1.807, 2.05) is 18.2 Å². The molecular formula is C23H31N3O2. The lowest BCUT2D eigenvalue weighted by atomic mass is 9.84. The first kappa shape index (κ1) is 19.2. The summed E-state index contributed by atoms with van der Waals surface area (Å²) in [5.74, 6) is 1.26. The number of benzene rings is 2. The molecule has 0 aromatic heterocycles. The van der Waals surface area contributed by atoms with Gasteiger partial charge in [0.1, 0.15) is 18.1 Å². The van der Waals surface area contributed by atoms with Crippen molar-refractivity contribution in [2.75, 3.05) is 26.2 Å². The van der Waals surface area contributed by atoms with Gasteiger partial charge in [-0.1, -0.05) is 42.8 Å². The SMILES string of the molecule is CC1NNC(c2ccc(OCCN3CCCCC3)cc2O)C1c1ccccc1. The van der Waals surface area contributed by atoms with Crippen molar-refractivity contribution in [2.45, 2.75) is 44.2 Å². The number of phenols is 1. The molecule has 4 rings (SSSR count). The van der Waals surface area contributed by atoms with E-state index in [1.165, 1.54) is 37.9 Å². The molecule has 2 heterocycles. The maximum absolute atomic E-state index is 10.7. The first-order valence-electron chi connectivity index (χ1n) is 10.5. The second kappa shape index (κ2) is 8.95. The molecule has 2 aromatic rings. The Kier molecular flexibility index (Phi) is 6.15. The van der Waals surface area contributed by atoms with Gasteiger partial charge in [0.15, 0.2) is 0 Å². The number of likely N-dealkylation sites (tertiary alicyclic amines) is 1. The smallest absolute Gasteiger partial charge is 0.124 e. The molecule has 2 aliphatic rings. The third kappa shape index (κ3) is 4.32. The minimum Gasteiger partial charge on any atom is -0.507 e. The van der Waals surface area contributed by atoms with Crippen molar-refractivity contribution in [3.05, 3.63) is 59.7 Å². The van der Waals surface area contributed by atoms with Gasteiger partial charge in [-0.3, -0.25) is 10.3 Å². The van der Waals surface area contributed by atoms with Crippen LogP contribution in [0.5, 0.6) is 11.5 Å². The summed E-state index contributed by atoms with van der Waals surface area (Å²) in [7, 11) is 0. The van der Waals surface area contributed by atoms with Crippen LogP contribution in [-0.4, -0.2) is 42.3 Å². The Morgan fingerprint density at radius 1 is 1.04 bits per heavy atom. The summed E-state index contributed by atoms with van der Waals surface area (Å²) < 4.78 is 5.90. The lowest BCUT2D eigenvalue weighted by Crippen LogP contribution is -2.33. The van der Waals surface area contributed by atoms with E-state index < -0.39 is 0 Å². The Morgan fingerprint density at radius 2 is 1.82 bits per heavy atom. The Bertz CT molecular complexity index is 762. The molecule has 0 amide bonds. The minimum atomic E-state index is 0.0137. The number of hydrogen-bond donors (Lipinski definition) is 3. The number of hydrazine groups is 1. The average molecular weight is 382 g/mol. The standard InChI is InChI=1S/C23H31N3O2/c1-17-22(18-8-4-2-5-9-18)23(25-24-17)20-11-10-19(16-21(20)27)28-15-14-26-12-6-3-7-13-26/h2,4-5,8-11,16-17,22-25,27H,3,6-7,12-15H2,1H3. The van der Waals surface area contributed by atoms with Gasteiger partial charge in [-0.05, 0) is 44.5 Å². The number of piperidine rings is 1. The molecule has 2 aliphatic heterocycles. The Morgan fingerprint density at radius 3 is 2.57 bits per heavy atom. The lowest BCUT2D eigenvalue weighted by Gasteiger charge is -2.26. The molecule has 2 fully saturated rings. The zero-order valence-corrected chi connectivity index (χ0v) is 16.6. The van der Waals surface area contributed by atoms with Crippen LogP contribution in [-0.2, 0) is 0 Å². The van der Waals surface area contributed by atoms with E-state index in [2.05, 4.69) is 46.9 Å². The number of rotatable bonds is 6. The van der Waals surface area contributed by atoms with Crippen molar-refractivity contribution in [1.82, 2.24) is 15.8 Å². The van der Waals surface area contributed by atoms with Crippen molar-refractivity contribution in [3.63, 3.8) is 0 Å². The van der Waals surface area contributed by atoms with Gasteiger partial charge in [-0.2, -0.15) is 0 Å². The van der Waals surface area contributed by atoms with Crippen molar-refractivity contribution < 1.29 is 9.84 Å². The molecule has 0 spiro atoms. The van der Waals surface area contributed by atoms with E-state index in [4.69, 9.17) is 4.74 Å². The molecule has 3 N–H and O–H groups in total. The normalized spacial score (nSPS) is 25.7. The van der Waals surface area contributed by atoms with Crippen LogP contribution >= 0.6 is 0 Å². The van der Waals surface area contributed by atoms with E-state index in [0.717, 1.165) is 17.9 Å². The topological polar surface area (TPSA) is 56.8 Å². The summed E-state index contributed by atoms with van der Waals surface area (Å²) in [6.45, 7) is 6.12. The highest BCUT2D eigenvalue weighted by atomic mass is 16.5. The molecule has 5 nitrogen and oxygen atoms in total. The van der Waals surface area contributed by atoms with Crippen molar-refractivity contribution in [2.24, 2.45) is 0 Å². The predicted octanol–water partition coefficient (Wildman–Crippen LogP) is 3.58. The number of aromatic hydroxyl groups is 1. The van der Waals surface area contributed by atoms with Crippen molar-refractivity contribution in [3.8, 4) is 11.5 Å². The summed E-state index contributed by atoms with van der Waals surface area (Å²) in [5, 5.41) is 10.7. The zero-order valence-electron chi connectivity index (χ0n) is 16.6. The first-order valence-corrected chi connectivity index (χ1v) is 10.5. The van der Waals surface area contributed by atoms with Gasteiger partial charge in [-0.25, -0.2) is 5.43 Å². The fourth-order valence-electron chi connectivity index (χ4n) is 4.47. The molecule has 0 aliphatic carbocycles. The number of ether oxygens (including phenoxy) is 1. The first-order chi connectivity index (χ1) is 13.7. The largest absolute Gasteiger partial charge is 0.507 e. The van der Waals surface area contributed by atoms with Crippen molar-refractivity contribution in [1.29, 1.82) is 0 Å². The van der Waals surface area contributed by atoms with Crippen LogP contribution in [0.15, 0.2) is 48.5 Å². The Labute approximate surface area is 167 Å². The van der Waals surface area contributed by atoms with E-state index in [9.17, 15) is 5.11 Å². The van der Waals surface area contributed by atoms with Crippen LogP contribution in [0, 0.1) is 0 Å². The van der Waals surface area contributed by atoms with Gasteiger partial charge in [0.05, 0.1) is 6.04 Å². The van der Waals surface area contributed by atoms with Gasteiger partial charge in [0.25, 0.3) is 0 Å². The Hall–Kier alpha value is -2.08. The van der Waals surface area contributed by atoms with Gasteiger partial charge in [-0.15, -0.1) is 0 Å². The summed E-state index contributed by atoms with van der Waals surface area (Å²) in [6, 6.07) is 16.5. The molecule has 2 saturated heterocycles. The van der Waals surface area contributed by atoms with Crippen LogP contribution in [0.1, 0.15) is 49.3 Å². The highest BCUT2D eigenvalue weighted by Gasteiger charge is 2.36. The van der Waals surface area contributed by atoms with Crippen LogP contribution in [0.3, 0.4) is 0 Å². The third-order valence-corrected chi connectivity index (χ3v) is 6.01. The van der Waals surface area contributed by atoms with Gasteiger partial charge >= 0.3 is 0 Å². The molecule has 3 atom stereocenters. The molecule has 5 heteroatoms. The predicted molar refractivity (Wildman–Crippen MR) is 112 cm³/mol. The second-order valence-corrected chi connectivity index (χ2v) is 7.96. The minimum absolute atomic E-state index is 0.0137. The quantitative estimate of drug-likeness (QED) is 0.714. The third-order valence-electron chi connectivity index (χ3n) is 6.01. The number of hydrogen-bond acceptors (Lipinski definition) is 5. The van der Waals surface area contributed by atoms with Crippen LogP contribution < -0.4 is 15.6 Å². The van der Waals surface area contributed by atoms with Gasteiger partial charge in [0, 0.05) is 30.1 Å². The molecule has 0 bridgehead atoms. The summed E-state index contributed by atoms with van der Waals surface area (Å²) in [4.78, 5) is 2.46. The van der Waals surface area contributed by atoms with E-state index >= 15 is 0 Å². The molecule has 3 unspecified atom stereocenters. The molecular weight excluding hydrogens is 350 g/mol. The maximum atomic E-state index is 10.7. The zero-order chi connectivity index (χ0) is 19.3. The molecule has 0 radical (unpaired) electrons. The second-order valence-electron chi connectivity index (χ2n) is 7.96. The molecule has 2 aromatic carbocycles. The van der Waals surface area contributed by atoms with Crippen molar-refractivity contribution >= 4 is 0 Å². The monoisotopic (exact) mass is 381 g/mol. The Balaban J connectivity index is 1.42. The van der Waals surface area contributed by atoms with E-state index in [-0.39, 0.29) is 23.8 Å². The average Bonchev–Trinajstić information content (AvgIpc) is 3.11. The fraction of sp³-hybridized carbons (Fsp3) is 0.478. The number of phenolic OH excluding ortho intramolecular Hbond substituents is 1. The highest BCUT2D eigenvalue weighted by Crippen LogP contribution is 2.41.